The van der Waals surface area contributed by atoms with Gasteiger partial charge < -0.3 is 35.3 Å². The van der Waals surface area contributed by atoms with Crippen molar-refractivity contribution < 1.29 is 24.5 Å². The van der Waals surface area contributed by atoms with Crippen molar-refractivity contribution in [1.29, 1.82) is 0 Å². The number of carbonyl (C=O) groups excluding carboxylic acids is 1. The number of alkyl carbamates (subject to hydrolysis) is 1. The Morgan fingerprint density at radius 2 is 1.66 bits per heavy atom. The van der Waals surface area contributed by atoms with Crippen molar-refractivity contribution in [3.8, 4) is 11.5 Å². The third kappa shape index (κ3) is 9.44. The summed E-state index contributed by atoms with van der Waals surface area (Å²) in [6.07, 6.45) is 7.45. The third-order valence-electron chi connectivity index (χ3n) is 10.1. The van der Waals surface area contributed by atoms with Crippen LogP contribution in [0.15, 0.2) is 83.7 Å². The van der Waals surface area contributed by atoms with Crippen LogP contribution in [0.5, 0.6) is 11.5 Å². The summed E-state index contributed by atoms with van der Waals surface area (Å²) >= 11 is 0. The number of phenols is 1. The fourth-order valence-electron chi connectivity index (χ4n) is 7.27. The summed E-state index contributed by atoms with van der Waals surface area (Å²) < 4.78 is 12.1. The number of aromatic nitrogens is 1. The first-order valence-corrected chi connectivity index (χ1v) is 18.2. The van der Waals surface area contributed by atoms with Crippen LogP contribution in [0, 0.1) is 5.92 Å². The van der Waals surface area contributed by atoms with Crippen molar-refractivity contribution in [1.82, 2.24) is 20.5 Å². The minimum Gasteiger partial charge on any atom is -0.506 e. The first-order valence-electron chi connectivity index (χ1n) is 18.2. The van der Waals surface area contributed by atoms with E-state index in [2.05, 4.69) is 20.5 Å². The number of fused-ring (bicyclic) bond motifs is 4. The van der Waals surface area contributed by atoms with Crippen LogP contribution in [-0.2, 0) is 4.74 Å². The Bertz CT molecular complexity index is 1740. The van der Waals surface area contributed by atoms with Crippen LogP contribution in [0.3, 0.4) is 0 Å². The van der Waals surface area contributed by atoms with Gasteiger partial charge in [-0.3, -0.25) is 9.69 Å². The predicted octanol–water partition coefficient (Wildman–Crippen LogP) is 6.19. The Balaban J connectivity index is 0.880. The van der Waals surface area contributed by atoms with Gasteiger partial charge in [-0.05, 0) is 92.2 Å². The van der Waals surface area contributed by atoms with E-state index in [4.69, 9.17) is 9.47 Å². The van der Waals surface area contributed by atoms with E-state index >= 15 is 0 Å². The van der Waals surface area contributed by atoms with E-state index in [1.165, 1.54) is 12.1 Å². The van der Waals surface area contributed by atoms with Crippen molar-refractivity contribution in [2.75, 3.05) is 39.3 Å². The molecule has 4 aromatic rings. The molecule has 1 amide bonds. The van der Waals surface area contributed by atoms with E-state index in [1.807, 2.05) is 54.6 Å². The molecule has 4 heterocycles. The quantitative estimate of drug-likeness (QED) is 0.0833. The number of pyridine rings is 1. The van der Waals surface area contributed by atoms with Gasteiger partial charge in [-0.15, -0.1) is 0 Å². The molecule has 1 aromatic heterocycles. The number of hydrogen-bond donors (Lipinski definition) is 5. The van der Waals surface area contributed by atoms with Gasteiger partial charge >= 0.3 is 6.09 Å². The second-order valence-electron chi connectivity index (χ2n) is 13.6. The summed E-state index contributed by atoms with van der Waals surface area (Å²) in [5, 5.41) is 27.9. The van der Waals surface area contributed by atoms with E-state index < -0.39 is 6.10 Å². The average Bonchev–Trinajstić information content (AvgIpc) is 3.14. The number of nitrogens with one attached hydrogen (secondary N) is 3. The molecule has 7 rings (SSSR count). The molecule has 3 atom stereocenters. The van der Waals surface area contributed by atoms with E-state index in [0.29, 0.717) is 35.5 Å². The van der Waals surface area contributed by atoms with E-state index in [0.717, 1.165) is 94.4 Å². The summed E-state index contributed by atoms with van der Waals surface area (Å²) in [6.45, 7) is 4.86. The van der Waals surface area contributed by atoms with Gasteiger partial charge in [0, 0.05) is 24.5 Å². The number of carbonyl (C=O) groups is 1. The second-order valence-corrected chi connectivity index (χ2v) is 13.6. The maximum absolute atomic E-state index is 13.1. The first-order chi connectivity index (χ1) is 24.4. The number of aromatic amines is 1. The zero-order chi connectivity index (χ0) is 34.7. The Labute approximate surface area is 293 Å². The van der Waals surface area contributed by atoms with E-state index in [1.54, 1.807) is 12.1 Å². The number of nitrogens with zero attached hydrogens (tertiary/aromatic N) is 1. The number of aliphatic hydroxyl groups is 1. The zero-order valence-corrected chi connectivity index (χ0v) is 28.7. The maximum Gasteiger partial charge on any atom is 0.408 e. The fraction of sp³-hybridized carbons (Fsp3) is 0.450. The van der Waals surface area contributed by atoms with Crippen molar-refractivity contribution in [3.63, 3.8) is 0 Å². The molecule has 266 valence electrons. The molecule has 0 saturated carbocycles. The molecule has 10 nitrogen and oxygen atoms in total. The lowest BCUT2D eigenvalue weighted by Gasteiger charge is -2.43. The lowest BCUT2D eigenvalue weighted by Crippen LogP contribution is -2.52. The normalized spacial score (nSPS) is 19.6. The van der Waals surface area contributed by atoms with Gasteiger partial charge in [0.05, 0.1) is 24.3 Å². The number of aliphatic hydroxyl groups excluding tert-OH is 1. The molecule has 0 aliphatic carbocycles. The topological polar surface area (TPSA) is 136 Å². The van der Waals surface area contributed by atoms with Crippen LogP contribution >= 0.6 is 0 Å². The standard InChI is InChI=1S/C40H50N4O6/c45-34-17-15-32(33-16-18-37(47)42-39(33)34)35(46)26-41-21-8-3-1-2-4-9-24-49-31-14-10-13-30(25-31)38(29-11-6-5-7-12-29)43-40(48)50-36-27-44-22-19-28(36)20-23-44/h5-7,10-18,25,28,35-36,38,41,45-46H,1-4,8-9,19-24,26-27H2,(H,42,47)(H,43,48)/t35-,36-,38?/m0/s1. The predicted molar refractivity (Wildman–Crippen MR) is 195 cm³/mol. The van der Waals surface area contributed by atoms with Gasteiger partial charge in [0.1, 0.15) is 17.6 Å². The van der Waals surface area contributed by atoms with E-state index in [9.17, 15) is 19.8 Å². The highest BCUT2D eigenvalue weighted by Crippen LogP contribution is 2.31. The molecule has 3 fully saturated rings. The Morgan fingerprint density at radius 3 is 2.44 bits per heavy atom. The minimum atomic E-state index is -0.749. The molecule has 3 aliphatic rings. The van der Waals surface area contributed by atoms with Gasteiger partial charge in [0.15, 0.2) is 0 Å². The lowest BCUT2D eigenvalue weighted by atomic mass is 9.86. The molecule has 5 N–H and O–H groups in total. The van der Waals surface area contributed by atoms with Crippen LogP contribution in [-0.4, -0.2) is 71.6 Å². The number of amides is 1. The number of unbranched alkanes of at least 4 members (excludes halogenated alkanes) is 5. The van der Waals surface area contributed by atoms with Crippen molar-refractivity contribution >= 4 is 17.0 Å². The van der Waals surface area contributed by atoms with E-state index in [-0.39, 0.29) is 29.5 Å². The molecule has 0 radical (unpaired) electrons. The highest BCUT2D eigenvalue weighted by atomic mass is 16.6. The maximum atomic E-state index is 13.1. The smallest absolute Gasteiger partial charge is 0.408 e. The fourth-order valence-corrected chi connectivity index (χ4v) is 7.27. The minimum absolute atomic E-state index is 0.0121. The number of ether oxygens (including phenoxy) is 2. The Morgan fingerprint density at radius 1 is 0.900 bits per heavy atom. The molecule has 0 spiro atoms. The molecule has 2 bridgehead atoms. The molecule has 3 aliphatic heterocycles. The summed E-state index contributed by atoms with van der Waals surface area (Å²) in [4.78, 5) is 29.8. The van der Waals surface area contributed by atoms with Crippen LogP contribution in [0.4, 0.5) is 4.79 Å². The van der Waals surface area contributed by atoms with Crippen LogP contribution in [0.25, 0.3) is 10.9 Å². The Hall–Kier alpha value is -4.38. The molecular weight excluding hydrogens is 632 g/mol. The van der Waals surface area contributed by atoms with Crippen molar-refractivity contribution in [2.45, 2.75) is 69.6 Å². The summed E-state index contributed by atoms with van der Waals surface area (Å²) in [5.74, 6) is 1.23. The summed E-state index contributed by atoms with van der Waals surface area (Å²) in [5.41, 5.74) is 2.66. The number of hydrogen-bond acceptors (Lipinski definition) is 8. The largest absolute Gasteiger partial charge is 0.506 e. The van der Waals surface area contributed by atoms with Crippen LogP contribution in [0.1, 0.15) is 80.2 Å². The van der Waals surface area contributed by atoms with Gasteiger partial charge in [-0.1, -0.05) is 74.2 Å². The molecular formula is C40H50N4O6. The van der Waals surface area contributed by atoms with Gasteiger partial charge in [-0.25, -0.2) is 4.79 Å². The third-order valence-corrected chi connectivity index (χ3v) is 10.1. The highest BCUT2D eigenvalue weighted by molar-refractivity contribution is 5.87. The molecule has 10 heteroatoms. The van der Waals surface area contributed by atoms with Crippen molar-refractivity contribution in [2.24, 2.45) is 5.92 Å². The van der Waals surface area contributed by atoms with Gasteiger partial charge in [0.25, 0.3) is 0 Å². The van der Waals surface area contributed by atoms with Crippen LogP contribution in [0.2, 0.25) is 0 Å². The monoisotopic (exact) mass is 682 g/mol. The zero-order valence-electron chi connectivity index (χ0n) is 28.7. The number of phenolic OH excluding ortho intramolecular Hbond substituents is 1. The number of H-pyrrole nitrogens is 1. The summed E-state index contributed by atoms with van der Waals surface area (Å²) in [6, 6.07) is 23.8. The second kappa shape index (κ2) is 17.5. The molecule has 3 aromatic carbocycles. The van der Waals surface area contributed by atoms with Crippen molar-refractivity contribution in [3.05, 3.63) is 106 Å². The first kappa shape index (κ1) is 35.4. The number of benzene rings is 3. The SMILES string of the molecule is O=C(NC(c1ccccc1)c1cccc(OCCCCCCCCNC[C@H](O)c2ccc(O)c3[nH]c(=O)ccc23)c1)O[C@H]1CN2CCC1CC2. The lowest BCUT2D eigenvalue weighted by molar-refractivity contribution is -0.0336. The number of aromatic hydroxyl groups is 1. The summed E-state index contributed by atoms with van der Waals surface area (Å²) in [7, 11) is 0. The molecule has 3 saturated heterocycles. The van der Waals surface area contributed by atoms with Gasteiger partial charge in [0.2, 0.25) is 5.56 Å². The Kier molecular flexibility index (Phi) is 12.4. The number of rotatable bonds is 17. The average molecular weight is 683 g/mol. The van der Waals surface area contributed by atoms with Gasteiger partial charge in [-0.2, -0.15) is 0 Å². The molecule has 1 unspecified atom stereocenters. The molecule has 50 heavy (non-hydrogen) atoms. The number of piperidine rings is 3. The highest BCUT2D eigenvalue weighted by Gasteiger charge is 2.37. The van der Waals surface area contributed by atoms with Crippen LogP contribution < -0.4 is 20.9 Å².